The van der Waals surface area contributed by atoms with Crippen molar-refractivity contribution in [3.63, 3.8) is 0 Å². The number of esters is 1. The first-order valence-corrected chi connectivity index (χ1v) is 38.2. The van der Waals surface area contributed by atoms with Gasteiger partial charge in [-0.05, 0) is 177 Å². The van der Waals surface area contributed by atoms with Crippen molar-refractivity contribution in [3.05, 3.63) is 162 Å². The van der Waals surface area contributed by atoms with Gasteiger partial charge >= 0.3 is 5.97 Å². The van der Waals surface area contributed by atoms with Crippen molar-refractivity contribution in [1.82, 2.24) is 40.9 Å². The number of phenols is 3. The third-order valence-corrected chi connectivity index (χ3v) is 23.7. The van der Waals surface area contributed by atoms with E-state index < -0.39 is 36.3 Å². The van der Waals surface area contributed by atoms with Crippen molar-refractivity contribution < 1.29 is 156 Å². The molecule has 4 bridgehead atoms. The zero-order valence-electron chi connectivity index (χ0n) is 65.2. The molecule has 0 spiro atoms. The van der Waals surface area contributed by atoms with Crippen LogP contribution in [0.25, 0.3) is 0 Å². The second-order valence-electron chi connectivity index (χ2n) is 30.1. The molecule has 8 aliphatic heterocycles. The predicted octanol–water partition coefficient (Wildman–Crippen LogP) is 10.1. The number of aryl methyl sites for hydroxylation is 4. The van der Waals surface area contributed by atoms with Crippen molar-refractivity contribution in [1.29, 1.82) is 10.5 Å². The Morgan fingerprint density at radius 3 is 1.35 bits per heavy atom. The molecule has 0 aliphatic carbocycles. The minimum Gasteiger partial charge on any atom is -0.507 e. The molecule has 4 amide bonds. The second kappa shape index (κ2) is 37.0. The average molecular weight is 1960 g/mol. The SMILES string of the molecule is CCCC(=O)Cl.CCCC(=O)Oc1c(C)c(C)cc2c1[C@@H]1C3Cc4c(O)c(C)c5c(c4[C@H](CNC(=O)C(C)NC(=O)CCc4ccccc4)N3[C@@H](C#N)[C@H](C2)N1C)OCO5.Cc1cc2c(c(O)c1C)[C@@H]1C3Cc4c(O)c(C)c5c(c4[C@H](CNC(=O)C(C)NC(=O)CCc4ccccc4)N3[C@@H](C#N)[C@H](C2)N1C)OCO5.[Ac].[Ac]. The first kappa shape index (κ1) is 86.3. The number of hydrogen-bond acceptors (Lipinski definition) is 20. The smallest absolute Gasteiger partial charge is 0.311 e. The van der Waals surface area contributed by atoms with Gasteiger partial charge < -0.3 is 60.3 Å². The summed E-state index contributed by atoms with van der Waals surface area (Å²) < 4.78 is 30.0. The minimum absolute atomic E-state index is 0. The van der Waals surface area contributed by atoms with E-state index in [1.807, 2.05) is 116 Å². The number of carbonyl (C=O) groups excluding carboxylic acids is 6. The van der Waals surface area contributed by atoms with Gasteiger partial charge in [-0.3, -0.25) is 48.4 Å². The number of rotatable bonds is 19. The molecule has 12 atom stereocenters. The third-order valence-electron chi connectivity index (χ3n) is 23.5. The van der Waals surface area contributed by atoms with Crippen LogP contribution in [0.2, 0.25) is 0 Å². The molecule has 0 aromatic heterocycles. The number of likely N-dealkylation sites (N-methyl/N-ethyl adjacent to an activating group) is 2. The Morgan fingerprint density at radius 1 is 0.541 bits per heavy atom. The number of amides is 4. The van der Waals surface area contributed by atoms with Gasteiger partial charge in [0.25, 0.3) is 0 Å². The number of hydrogen-bond donors (Lipinski definition) is 7. The number of halogens is 1. The number of carbonyl (C=O) groups is 6. The zero-order chi connectivity index (χ0) is 78.1. The number of ether oxygens (including phenoxy) is 5. The summed E-state index contributed by atoms with van der Waals surface area (Å²) in [6.07, 6.45) is 5.81. The van der Waals surface area contributed by atoms with Crippen molar-refractivity contribution in [2.75, 3.05) is 40.8 Å². The molecule has 2 saturated heterocycles. The maximum atomic E-state index is 13.7. The summed E-state index contributed by atoms with van der Waals surface area (Å²) in [5, 5.41) is 68.3. The van der Waals surface area contributed by atoms with Crippen molar-refractivity contribution in [2.24, 2.45) is 0 Å². The van der Waals surface area contributed by atoms with E-state index in [1.54, 1.807) is 27.7 Å². The van der Waals surface area contributed by atoms with Crippen LogP contribution in [-0.2, 0) is 67.3 Å². The number of benzene rings is 6. The van der Waals surface area contributed by atoms with Gasteiger partial charge in [-0.15, -0.1) is 0 Å². The van der Waals surface area contributed by atoms with Crippen LogP contribution >= 0.6 is 11.6 Å². The number of nitrogens with one attached hydrogen (secondary N) is 4. The van der Waals surface area contributed by atoms with Gasteiger partial charge in [-0.2, -0.15) is 10.5 Å². The first-order valence-electron chi connectivity index (χ1n) is 37.8. The van der Waals surface area contributed by atoms with Crippen LogP contribution in [0.4, 0.5) is 0 Å². The summed E-state index contributed by atoms with van der Waals surface area (Å²) in [6, 6.07) is 23.3. The summed E-state index contributed by atoms with van der Waals surface area (Å²) in [4.78, 5) is 84.5. The molecule has 6 aromatic carbocycles. The number of nitrogens with zero attached hydrogens (tertiary/aromatic N) is 6. The number of phenolic OH excluding ortho intramolecular Hbond substituents is 3. The van der Waals surface area contributed by atoms with Crippen LogP contribution in [0.1, 0.15) is 179 Å². The maximum Gasteiger partial charge on any atom is 0.311 e. The summed E-state index contributed by atoms with van der Waals surface area (Å²) in [5.41, 5.74) is 13.5. The third kappa shape index (κ3) is 17.2. The molecule has 582 valence electrons. The van der Waals surface area contributed by atoms with Crippen molar-refractivity contribution in [3.8, 4) is 58.1 Å². The summed E-state index contributed by atoms with van der Waals surface area (Å²) in [7, 11) is 4.03. The standard InChI is InChI=1S/C42H49N5O7.C38H43N5O6.C4H7ClO.2Ac/c1-7-11-34(49)54-39-23(3)22(2)16-27-17-29-31(19-43)47-30(37(35(27)39)46(29)6)18-28-36(41-40(52-21-53-41)24(4)38(28)50)32(47)20-44-42(51)25(5)45-33(48)15-14-26-12-9-8-10-13-26;1-19-13-24-14-26-28(16-39)43-27(33(42(26)5)31(24)35(46)20(19)2)15-25-32(37-36(48-18-49-37)21(3)34(25)45)29(43)17-40-38(47)22(4)41-30(44)12-11-23-9-7-6-8-10-23;1-2-3-4(5)6;;/h8-10,12-13,16,25,29-32,37,50H,7,11,14-15,17-18,20-21H2,1-6H3,(H,44,51)(H,45,48);6-10,13,22,26-29,33,45-46H,11-12,14-15,17-18H2,1-5H3,(H,40,47)(H,41,44);2-3H2,1H3;;/t25?,29-,30?,31-,32-,37-;22?,26-,27?,28-,29-,33-;;;/m00.../s1. The van der Waals surface area contributed by atoms with Crippen LogP contribution in [0.3, 0.4) is 0 Å². The molecule has 14 rings (SSSR count). The normalized spacial score (nSPS) is 22.3. The summed E-state index contributed by atoms with van der Waals surface area (Å²) in [5.74, 6) is 1.46. The number of nitriles is 2. The van der Waals surface area contributed by atoms with Gasteiger partial charge in [-0.1, -0.05) is 86.6 Å². The Labute approximate surface area is 726 Å². The van der Waals surface area contributed by atoms with Gasteiger partial charge in [0.2, 0.25) is 42.5 Å². The number of piperazine rings is 2. The summed E-state index contributed by atoms with van der Waals surface area (Å²) >= 11 is 4.94. The molecule has 24 nitrogen and oxygen atoms in total. The topological polar surface area (TPSA) is 318 Å². The number of fused-ring (bicyclic) bond motifs is 18. The van der Waals surface area contributed by atoms with Gasteiger partial charge in [0.15, 0.2) is 23.0 Å². The molecule has 0 saturated carbocycles. The molecule has 2 fully saturated rings. The molecular weight excluding hydrogens is 1860 g/mol. The van der Waals surface area contributed by atoms with E-state index in [1.165, 1.54) is 0 Å². The van der Waals surface area contributed by atoms with E-state index in [9.17, 15) is 54.6 Å². The van der Waals surface area contributed by atoms with Crippen LogP contribution in [0, 0.1) is 152 Å². The maximum absolute atomic E-state index is 13.7. The van der Waals surface area contributed by atoms with Gasteiger partial charge in [-0.25, -0.2) is 0 Å². The fourth-order valence-electron chi connectivity index (χ4n) is 17.8. The van der Waals surface area contributed by atoms with E-state index in [-0.39, 0.29) is 216 Å². The van der Waals surface area contributed by atoms with Crippen LogP contribution in [0.5, 0.6) is 46.0 Å². The molecule has 2 radical (unpaired) electrons. The van der Waals surface area contributed by atoms with E-state index in [2.05, 4.69) is 65.1 Å². The number of aromatic hydroxyl groups is 3. The fraction of sp³-hybridized carbons (Fsp3) is 0.476. The fourth-order valence-corrected chi connectivity index (χ4v) is 17.9. The molecule has 8 heterocycles. The molecule has 27 heteroatoms. The van der Waals surface area contributed by atoms with E-state index >= 15 is 0 Å². The van der Waals surface area contributed by atoms with E-state index in [0.29, 0.717) is 120 Å². The van der Waals surface area contributed by atoms with Crippen LogP contribution in [0.15, 0.2) is 72.8 Å². The van der Waals surface area contributed by atoms with Crippen LogP contribution in [-0.4, -0.2) is 159 Å². The molecule has 4 unspecified atom stereocenters. The molecular formula is C84H99Ac2ClN10O14. The zero-order valence-corrected chi connectivity index (χ0v) is 75.5. The van der Waals surface area contributed by atoms with E-state index in [0.717, 1.165) is 62.1 Å². The van der Waals surface area contributed by atoms with Crippen molar-refractivity contribution in [2.45, 2.75) is 219 Å². The van der Waals surface area contributed by atoms with E-state index in [4.69, 9.17) is 35.3 Å². The van der Waals surface area contributed by atoms with Gasteiger partial charge in [0.1, 0.15) is 47.2 Å². The van der Waals surface area contributed by atoms with Crippen molar-refractivity contribution >= 4 is 46.4 Å². The molecule has 111 heavy (non-hydrogen) atoms. The molecule has 8 aliphatic rings. The van der Waals surface area contributed by atoms with Gasteiger partial charge in [0.05, 0.1) is 36.3 Å². The monoisotopic (exact) mass is 1960 g/mol. The second-order valence-corrected chi connectivity index (χ2v) is 30.5. The Morgan fingerprint density at radius 2 is 0.946 bits per heavy atom. The predicted molar refractivity (Wildman–Crippen MR) is 407 cm³/mol. The largest absolute Gasteiger partial charge is 0.507 e. The molecule has 6 aromatic rings. The Balaban J connectivity index is 0.000000217. The Bertz CT molecular complexity index is 4640. The average Bonchev–Trinajstić information content (AvgIpc) is 1.49. The quantitative estimate of drug-likeness (QED) is 0.0225. The van der Waals surface area contributed by atoms with Crippen LogP contribution < -0.4 is 45.0 Å². The Hall–Kier alpha value is -7.07. The first-order chi connectivity index (χ1) is 52.2. The minimum atomic E-state index is -0.819. The molecule has 7 N–H and O–H groups in total. The Kier molecular flexibility index (Phi) is 28.8. The van der Waals surface area contributed by atoms with Gasteiger partial charge in [0, 0.05) is 196 Å². The summed E-state index contributed by atoms with van der Waals surface area (Å²) in [6.45, 7) is 18.8.